The Balaban J connectivity index is 2.30. The van der Waals surface area contributed by atoms with Crippen LogP contribution in [0.25, 0.3) is 0 Å². The van der Waals surface area contributed by atoms with Crippen molar-refractivity contribution in [1.29, 1.82) is 0 Å². The number of nitrogens with zero attached hydrogens (tertiary/aromatic N) is 1. The normalized spacial score (nSPS) is 15.8. The van der Waals surface area contributed by atoms with Crippen molar-refractivity contribution in [3.05, 3.63) is 41.6 Å². The molecule has 0 saturated heterocycles. The van der Waals surface area contributed by atoms with Crippen LogP contribution in [0.15, 0.2) is 41.6 Å². The van der Waals surface area contributed by atoms with Gasteiger partial charge in [-0.3, -0.25) is 10.4 Å². The van der Waals surface area contributed by atoms with Gasteiger partial charge in [0.1, 0.15) is 5.70 Å². The van der Waals surface area contributed by atoms with Gasteiger partial charge in [-0.2, -0.15) is 13.2 Å². The van der Waals surface area contributed by atoms with Gasteiger partial charge < -0.3 is 5.11 Å². The Morgan fingerprint density at radius 3 is 2.33 bits per heavy atom. The van der Waals surface area contributed by atoms with E-state index in [1.54, 1.807) is 30.3 Å². The van der Waals surface area contributed by atoms with E-state index in [1.807, 2.05) is 0 Å². The first-order chi connectivity index (χ1) is 8.39. The van der Waals surface area contributed by atoms with Gasteiger partial charge in [0.05, 0.1) is 17.8 Å². The first-order valence-corrected chi connectivity index (χ1v) is 5.02. The lowest BCUT2D eigenvalue weighted by Crippen LogP contribution is -2.35. The summed E-state index contributed by atoms with van der Waals surface area (Å²) >= 11 is 0. The Kier molecular flexibility index (Phi) is 2.90. The molecule has 96 valence electrons. The summed E-state index contributed by atoms with van der Waals surface area (Å²) in [6.45, 7) is -0.339. The fraction of sp³-hybridized carbons (Fsp3) is 0.182. The molecule has 1 aromatic rings. The van der Waals surface area contributed by atoms with E-state index >= 15 is 0 Å². The minimum Gasteiger partial charge on any atom is -0.478 e. The van der Waals surface area contributed by atoms with Gasteiger partial charge in [-0.25, -0.2) is 4.79 Å². The summed E-state index contributed by atoms with van der Waals surface area (Å²) in [5.74, 6) is -1.58. The Hall–Kier alpha value is -2.18. The zero-order chi connectivity index (χ0) is 13.3. The van der Waals surface area contributed by atoms with Crippen LogP contribution in [0, 0.1) is 0 Å². The monoisotopic (exact) mass is 258 g/mol. The standard InChI is InChI=1S/C11H9F3N2O2/c12-11(13,14)9-8(10(17)18)6-16(15-9)7-4-2-1-3-5-7/h1-5,15H,6H2,(H,17,18). The molecule has 0 unspecified atom stereocenters. The summed E-state index contributed by atoms with van der Waals surface area (Å²) < 4.78 is 37.9. The number of carboxylic acid groups (broad SMARTS) is 1. The summed E-state index contributed by atoms with van der Waals surface area (Å²) in [4.78, 5) is 10.8. The number of anilines is 1. The van der Waals surface area contributed by atoms with Crippen LogP contribution in [0.4, 0.5) is 18.9 Å². The molecule has 0 saturated carbocycles. The summed E-state index contributed by atoms with van der Waals surface area (Å²) in [5.41, 5.74) is 0.642. The van der Waals surface area contributed by atoms with Crippen molar-refractivity contribution in [2.45, 2.75) is 6.18 Å². The van der Waals surface area contributed by atoms with Crippen molar-refractivity contribution in [3.8, 4) is 0 Å². The molecular formula is C11H9F3N2O2. The molecule has 1 aliphatic rings. The molecule has 0 amide bonds. The molecule has 1 aromatic carbocycles. The fourth-order valence-electron chi connectivity index (χ4n) is 1.65. The number of alkyl halides is 3. The highest BCUT2D eigenvalue weighted by Gasteiger charge is 2.43. The quantitative estimate of drug-likeness (QED) is 0.850. The van der Waals surface area contributed by atoms with Gasteiger partial charge in [0, 0.05) is 0 Å². The lowest BCUT2D eigenvalue weighted by molar-refractivity contribution is -0.134. The van der Waals surface area contributed by atoms with Crippen molar-refractivity contribution in [2.24, 2.45) is 0 Å². The third-order valence-corrected chi connectivity index (χ3v) is 2.47. The Labute approximate surface area is 100 Å². The second-order valence-corrected chi connectivity index (χ2v) is 3.69. The van der Waals surface area contributed by atoms with Crippen molar-refractivity contribution in [3.63, 3.8) is 0 Å². The number of allylic oxidation sites excluding steroid dienone is 1. The molecule has 1 heterocycles. The average Bonchev–Trinajstić information content (AvgIpc) is 2.74. The number of halogens is 3. The lowest BCUT2D eigenvalue weighted by Gasteiger charge is -2.20. The number of carboxylic acids is 1. The van der Waals surface area contributed by atoms with E-state index in [0.717, 1.165) is 5.01 Å². The largest absolute Gasteiger partial charge is 0.478 e. The second kappa shape index (κ2) is 4.25. The van der Waals surface area contributed by atoms with Crippen LogP contribution in [0.5, 0.6) is 0 Å². The van der Waals surface area contributed by atoms with Gasteiger partial charge in [-0.05, 0) is 12.1 Å². The van der Waals surface area contributed by atoms with Gasteiger partial charge in [0.15, 0.2) is 0 Å². The van der Waals surface area contributed by atoms with Gasteiger partial charge in [0.25, 0.3) is 0 Å². The van der Waals surface area contributed by atoms with Crippen LogP contribution < -0.4 is 10.4 Å². The maximum atomic E-state index is 12.6. The highest BCUT2D eigenvalue weighted by atomic mass is 19.4. The van der Waals surface area contributed by atoms with E-state index in [4.69, 9.17) is 5.11 Å². The third kappa shape index (κ3) is 2.24. The van der Waals surface area contributed by atoms with E-state index in [-0.39, 0.29) is 6.54 Å². The van der Waals surface area contributed by atoms with Crippen LogP contribution in [0.2, 0.25) is 0 Å². The van der Waals surface area contributed by atoms with E-state index in [2.05, 4.69) is 5.43 Å². The summed E-state index contributed by atoms with van der Waals surface area (Å²) in [6, 6.07) is 8.21. The highest BCUT2D eigenvalue weighted by Crippen LogP contribution is 2.31. The van der Waals surface area contributed by atoms with Crippen molar-refractivity contribution < 1.29 is 23.1 Å². The number of hydrogen-bond acceptors (Lipinski definition) is 3. The Bertz CT molecular complexity index is 497. The van der Waals surface area contributed by atoms with Crippen LogP contribution in [0.3, 0.4) is 0 Å². The molecule has 0 radical (unpaired) electrons. The Morgan fingerprint density at radius 2 is 1.89 bits per heavy atom. The van der Waals surface area contributed by atoms with E-state index < -0.39 is 23.4 Å². The molecule has 0 aliphatic carbocycles. The number of hydrazine groups is 1. The number of nitrogens with one attached hydrogen (secondary N) is 1. The van der Waals surface area contributed by atoms with Crippen LogP contribution in [-0.2, 0) is 4.79 Å². The maximum absolute atomic E-state index is 12.6. The highest BCUT2D eigenvalue weighted by molar-refractivity contribution is 5.90. The molecule has 7 heteroatoms. The minimum atomic E-state index is -4.71. The first-order valence-electron chi connectivity index (χ1n) is 5.02. The molecule has 0 bridgehead atoms. The smallest absolute Gasteiger partial charge is 0.433 e. The molecule has 2 rings (SSSR count). The molecule has 0 spiro atoms. The third-order valence-electron chi connectivity index (χ3n) is 2.47. The molecule has 4 nitrogen and oxygen atoms in total. The molecule has 0 atom stereocenters. The van der Waals surface area contributed by atoms with Crippen LogP contribution in [-0.4, -0.2) is 23.8 Å². The molecule has 0 aromatic heterocycles. The molecule has 0 fully saturated rings. The van der Waals surface area contributed by atoms with E-state index in [9.17, 15) is 18.0 Å². The molecule has 1 aliphatic heterocycles. The number of aliphatic carboxylic acids is 1. The molecule has 2 N–H and O–H groups in total. The van der Waals surface area contributed by atoms with Crippen LogP contribution >= 0.6 is 0 Å². The Morgan fingerprint density at radius 1 is 1.28 bits per heavy atom. The molecule has 18 heavy (non-hydrogen) atoms. The number of para-hydroxylation sites is 1. The predicted molar refractivity (Wildman–Crippen MR) is 57.6 cm³/mol. The van der Waals surface area contributed by atoms with Gasteiger partial charge in [0.2, 0.25) is 0 Å². The first kappa shape index (κ1) is 12.3. The maximum Gasteiger partial charge on any atom is 0.433 e. The SMILES string of the molecule is O=C(O)C1=C(C(F)(F)F)NN(c2ccccc2)C1. The van der Waals surface area contributed by atoms with Crippen LogP contribution in [0.1, 0.15) is 0 Å². The van der Waals surface area contributed by atoms with Crippen molar-refractivity contribution in [1.82, 2.24) is 5.43 Å². The summed E-state index contributed by atoms with van der Waals surface area (Å²) in [5, 5.41) is 9.93. The summed E-state index contributed by atoms with van der Waals surface area (Å²) in [7, 11) is 0. The van der Waals surface area contributed by atoms with Gasteiger partial charge >= 0.3 is 12.1 Å². The number of rotatable bonds is 2. The lowest BCUT2D eigenvalue weighted by atomic mass is 10.2. The number of hydrogen-bond donors (Lipinski definition) is 2. The van der Waals surface area contributed by atoms with Gasteiger partial charge in [-0.1, -0.05) is 18.2 Å². The number of benzene rings is 1. The number of carbonyl (C=O) groups is 1. The summed E-state index contributed by atoms with van der Waals surface area (Å²) in [6.07, 6.45) is -4.71. The predicted octanol–water partition coefficient (Wildman–Crippen LogP) is 1.91. The minimum absolute atomic E-state index is 0.339. The van der Waals surface area contributed by atoms with Crippen molar-refractivity contribution >= 4 is 11.7 Å². The molecular weight excluding hydrogens is 249 g/mol. The average molecular weight is 258 g/mol. The topological polar surface area (TPSA) is 52.6 Å². The zero-order valence-electron chi connectivity index (χ0n) is 9.03. The fourth-order valence-corrected chi connectivity index (χ4v) is 1.65. The van der Waals surface area contributed by atoms with Crippen molar-refractivity contribution in [2.75, 3.05) is 11.6 Å². The van der Waals surface area contributed by atoms with E-state index in [0.29, 0.717) is 5.69 Å². The van der Waals surface area contributed by atoms with E-state index in [1.165, 1.54) is 0 Å². The zero-order valence-corrected chi connectivity index (χ0v) is 9.03. The second-order valence-electron chi connectivity index (χ2n) is 3.69. The van der Waals surface area contributed by atoms with Gasteiger partial charge in [-0.15, -0.1) is 0 Å².